The van der Waals surface area contributed by atoms with Gasteiger partial charge in [-0.15, -0.1) is 0 Å². The van der Waals surface area contributed by atoms with Crippen LogP contribution in [0.15, 0.2) is 55.0 Å². The van der Waals surface area contributed by atoms with E-state index in [0.717, 1.165) is 29.2 Å². The number of amides is 2. The lowest BCUT2D eigenvalue weighted by molar-refractivity contribution is -0.141. The molecule has 11 heteroatoms. The molecule has 4 N–H and O–H groups in total. The third-order valence-corrected chi connectivity index (χ3v) is 4.77. The normalized spacial score (nSPS) is 11.5. The first-order valence-corrected chi connectivity index (χ1v) is 9.59. The Labute approximate surface area is 180 Å². The maximum Gasteiger partial charge on any atom is 0.433 e. The minimum Gasteiger partial charge on any atom is -0.382 e. The van der Waals surface area contributed by atoms with E-state index in [9.17, 15) is 18.0 Å². The van der Waals surface area contributed by atoms with E-state index in [4.69, 9.17) is 5.73 Å². The van der Waals surface area contributed by atoms with Crippen LogP contribution < -0.4 is 16.4 Å². The van der Waals surface area contributed by atoms with E-state index in [2.05, 4.69) is 25.7 Å². The van der Waals surface area contributed by atoms with Gasteiger partial charge in [0.05, 0.1) is 0 Å². The molecule has 0 fully saturated rings. The molecule has 0 aliphatic heterocycles. The molecule has 0 radical (unpaired) electrons. The minimum atomic E-state index is -4.60. The number of carbonyl (C=O) groups is 1. The number of anilines is 3. The molecular weight excluding hydrogens is 423 g/mol. The highest BCUT2D eigenvalue weighted by molar-refractivity contribution is 5.99. The molecule has 1 aromatic carbocycles. The van der Waals surface area contributed by atoms with Gasteiger partial charge in [0.15, 0.2) is 5.82 Å². The predicted molar refractivity (Wildman–Crippen MR) is 114 cm³/mol. The van der Waals surface area contributed by atoms with Crippen molar-refractivity contribution >= 4 is 28.9 Å². The van der Waals surface area contributed by atoms with Crippen molar-refractivity contribution in [1.82, 2.24) is 19.6 Å². The van der Waals surface area contributed by atoms with E-state index < -0.39 is 17.9 Å². The molecule has 8 nitrogen and oxygen atoms in total. The molecule has 0 atom stereocenters. The number of alkyl halides is 3. The molecule has 0 saturated carbocycles. The SMILES string of the molecule is CCc1cn2ncnc(N)c2c1-c1ccc(NC(=O)Nc2cccc(C(F)(F)F)n2)cc1. The van der Waals surface area contributed by atoms with Crippen LogP contribution in [0.3, 0.4) is 0 Å². The summed E-state index contributed by atoms with van der Waals surface area (Å²) in [6.45, 7) is 2.02. The van der Waals surface area contributed by atoms with E-state index in [1.165, 1.54) is 18.5 Å². The number of carbonyl (C=O) groups excluding carboxylic acids is 1. The standard InChI is InChI=1S/C21H18F3N7O/c1-2-12-10-31-18(19(25)26-11-27-31)17(12)13-6-8-14(9-7-13)28-20(32)30-16-5-3-4-15(29-16)21(22,23)24/h3-11H,2H2,1H3,(H2,25,26,27)(H2,28,29,30,32). The average Bonchev–Trinajstić information content (AvgIpc) is 3.14. The zero-order valence-electron chi connectivity index (χ0n) is 16.8. The first-order valence-electron chi connectivity index (χ1n) is 9.59. The van der Waals surface area contributed by atoms with E-state index >= 15 is 0 Å². The maximum absolute atomic E-state index is 12.8. The number of hydrogen-bond donors (Lipinski definition) is 3. The second kappa shape index (κ2) is 8.17. The Morgan fingerprint density at radius 1 is 1.12 bits per heavy atom. The Balaban J connectivity index is 1.53. The largest absolute Gasteiger partial charge is 0.433 e. The third kappa shape index (κ3) is 4.17. The summed E-state index contributed by atoms with van der Waals surface area (Å²) in [5.74, 6) is 0.141. The fourth-order valence-corrected chi connectivity index (χ4v) is 3.34. The summed E-state index contributed by atoms with van der Waals surface area (Å²) in [5.41, 5.74) is 8.90. The van der Waals surface area contributed by atoms with Gasteiger partial charge in [0.1, 0.15) is 23.4 Å². The molecule has 164 valence electrons. The Hall–Kier alpha value is -4.15. The molecule has 0 aliphatic rings. The number of rotatable bonds is 4. The lowest BCUT2D eigenvalue weighted by Gasteiger charge is -2.10. The van der Waals surface area contributed by atoms with E-state index in [0.29, 0.717) is 17.0 Å². The number of urea groups is 1. The monoisotopic (exact) mass is 441 g/mol. The topological polar surface area (TPSA) is 110 Å². The maximum atomic E-state index is 12.8. The van der Waals surface area contributed by atoms with E-state index in [1.807, 2.05) is 13.1 Å². The number of nitrogens with one attached hydrogen (secondary N) is 2. The minimum absolute atomic E-state index is 0.211. The van der Waals surface area contributed by atoms with Crippen LogP contribution in [0.1, 0.15) is 18.2 Å². The molecule has 0 unspecified atom stereocenters. The van der Waals surface area contributed by atoms with Crippen molar-refractivity contribution in [2.75, 3.05) is 16.4 Å². The summed E-state index contributed by atoms with van der Waals surface area (Å²) < 4.78 is 40.0. The summed E-state index contributed by atoms with van der Waals surface area (Å²) in [6, 6.07) is 9.52. The quantitative estimate of drug-likeness (QED) is 0.429. The molecule has 0 aliphatic carbocycles. The highest BCUT2D eigenvalue weighted by Crippen LogP contribution is 2.33. The first kappa shape index (κ1) is 21.1. The third-order valence-electron chi connectivity index (χ3n) is 4.77. The van der Waals surface area contributed by atoms with Crippen LogP contribution in [0, 0.1) is 0 Å². The van der Waals surface area contributed by atoms with Crippen molar-refractivity contribution in [3.63, 3.8) is 0 Å². The lowest BCUT2D eigenvalue weighted by atomic mass is 10.0. The van der Waals surface area contributed by atoms with Gasteiger partial charge in [-0.05, 0) is 41.8 Å². The molecule has 0 bridgehead atoms. The fraction of sp³-hybridized carbons (Fsp3) is 0.143. The Morgan fingerprint density at radius 2 is 1.88 bits per heavy atom. The van der Waals surface area contributed by atoms with Crippen LogP contribution in [0.25, 0.3) is 16.6 Å². The van der Waals surface area contributed by atoms with Crippen molar-refractivity contribution in [2.45, 2.75) is 19.5 Å². The van der Waals surface area contributed by atoms with Gasteiger partial charge in [0, 0.05) is 17.4 Å². The fourth-order valence-electron chi connectivity index (χ4n) is 3.34. The average molecular weight is 441 g/mol. The lowest BCUT2D eigenvalue weighted by Crippen LogP contribution is -2.21. The van der Waals surface area contributed by atoms with Crippen LogP contribution in [0.2, 0.25) is 0 Å². The first-order chi connectivity index (χ1) is 15.3. The number of pyridine rings is 1. The number of aromatic nitrogens is 4. The number of halogens is 3. The van der Waals surface area contributed by atoms with Crippen LogP contribution in [0.5, 0.6) is 0 Å². The smallest absolute Gasteiger partial charge is 0.382 e. The summed E-state index contributed by atoms with van der Waals surface area (Å²) in [5, 5.41) is 9.07. The van der Waals surface area contributed by atoms with Gasteiger partial charge in [-0.25, -0.2) is 19.3 Å². The van der Waals surface area contributed by atoms with Crippen molar-refractivity contribution in [3.05, 3.63) is 66.2 Å². The number of fused-ring (bicyclic) bond motifs is 1. The van der Waals surface area contributed by atoms with E-state index in [1.54, 1.807) is 28.8 Å². The van der Waals surface area contributed by atoms with Crippen molar-refractivity contribution in [1.29, 1.82) is 0 Å². The second-order valence-corrected chi connectivity index (χ2v) is 6.88. The van der Waals surface area contributed by atoms with Crippen molar-refractivity contribution in [3.8, 4) is 11.1 Å². The molecule has 4 aromatic rings. The van der Waals surface area contributed by atoms with Gasteiger partial charge in [-0.1, -0.05) is 25.1 Å². The molecular formula is C21H18F3N7O. The molecule has 3 aromatic heterocycles. The van der Waals surface area contributed by atoms with Crippen molar-refractivity contribution in [2.24, 2.45) is 0 Å². The molecule has 3 heterocycles. The Bertz CT molecular complexity index is 1280. The summed E-state index contributed by atoms with van der Waals surface area (Å²) in [7, 11) is 0. The Kier molecular flexibility index (Phi) is 5.39. The van der Waals surface area contributed by atoms with Gasteiger partial charge in [-0.3, -0.25) is 5.32 Å². The van der Waals surface area contributed by atoms with Gasteiger partial charge in [-0.2, -0.15) is 18.3 Å². The number of nitrogens with two attached hydrogens (primary N) is 1. The zero-order valence-corrected chi connectivity index (χ0v) is 16.8. The van der Waals surface area contributed by atoms with Gasteiger partial charge < -0.3 is 11.1 Å². The molecule has 0 spiro atoms. The molecule has 2 amide bonds. The van der Waals surface area contributed by atoms with Crippen LogP contribution >= 0.6 is 0 Å². The van der Waals surface area contributed by atoms with Crippen molar-refractivity contribution < 1.29 is 18.0 Å². The highest BCUT2D eigenvalue weighted by Gasteiger charge is 2.32. The molecule has 32 heavy (non-hydrogen) atoms. The zero-order chi connectivity index (χ0) is 22.9. The van der Waals surface area contributed by atoms with Gasteiger partial charge in [0.2, 0.25) is 0 Å². The van der Waals surface area contributed by atoms with E-state index in [-0.39, 0.29) is 5.82 Å². The Morgan fingerprint density at radius 3 is 2.56 bits per heavy atom. The van der Waals surface area contributed by atoms with Crippen LogP contribution in [0.4, 0.5) is 35.3 Å². The highest BCUT2D eigenvalue weighted by atomic mass is 19.4. The predicted octanol–water partition coefficient (Wildman–Crippen LogP) is 4.60. The number of nitrogen functional groups attached to an aromatic ring is 1. The van der Waals surface area contributed by atoms with Gasteiger partial charge in [0.25, 0.3) is 0 Å². The summed E-state index contributed by atoms with van der Waals surface area (Å²) >= 11 is 0. The summed E-state index contributed by atoms with van der Waals surface area (Å²) in [6.07, 6.45) is -0.565. The number of nitrogens with zero attached hydrogens (tertiary/aromatic N) is 4. The van der Waals surface area contributed by atoms with Gasteiger partial charge >= 0.3 is 12.2 Å². The molecule has 0 saturated heterocycles. The number of benzene rings is 1. The number of aryl methyl sites for hydroxylation is 1. The second-order valence-electron chi connectivity index (χ2n) is 6.88. The number of hydrogen-bond acceptors (Lipinski definition) is 5. The molecule has 4 rings (SSSR count). The van der Waals surface area contributed by atoms with Crippen LogP contribution in [-0.2, 0) is 12.6 Å². The summed E-state index contributed by atoms with van der Waals surface area (Å²) in [4.78, 5) is 19.7. The van der Waals surface area contributed by atoms with Crippen LogP contribution in [-0.4, -0.2) is 25.6 Å².